The lowest BCUT2D eigenvalue weighted by atomic mass is 10.1. The van der Waals surface area contributed by atoms with Gasteiger partial charge in [0.15, 0.2) is 0 Å². The van der Waals surface area contributed by atoms with E-state index in [1.54, 1.807) is 5.38 Å². The lowest BCUT2D eigenvalue weighted by Crippen LogP contribution is -2.58. The highest BCUT2D eigenvalue weighted by Crippen LogP contribution is 2.30. The first-order chi connectivity index (χ1) is 13.2. The van der Waals surface area contributed by atoms with Crippen LogP contribution in [0.25, 0.3) is 0 Å². The van der Waals surface area contributed by atoms with Crippen LogP contribution in [0.2, 0.25) is 5.02 Å². The molecule has 1 fully saturated rings. The van der Waals surface area contributed by atoms with E-state index < -0.39 is 46.5 Å². The van der Waals surface area contributed by atoms with E-state index in [9.17, 15) is 22.4 Å². The van der Waals surface area contributed by atoms with E-state index in [0.717, 1.165) is 6.07 Å². The maximum Gasteiger partial charge on any atom is 0.318 e. The third-order valence-electron chi connectivity index (χ3n) is 3.94. The molecule has 0 radical (unpaired) electrons. The third kappa shape index (κ3) is 5.28. The molecule has 3 rings (SSSR count). The van der Waals surface area contributed by atoms with E-state index in [1.807, 2.05) is 0 Å². The predicted octanol–water partition coefficient (Wildman–Crippen LogP) is 2.24. The summed E-state index contributed by atoms with van der Waals surface area (Å²) in [7, 11) is -4.27. The van der Waals surface area contributed by atoms with Gasteiger partial charge in [0.2, 0.25) is 5.91 Å². The highest BCUT2D eigenvalue weighted by atomic mass is 35.5. The Morgan fingerprint density at radius 3 is 2.76 bits per heavy atom. The van der Waals surface area contributed by atoms with Crippen LogP contribution in [-0.2, 0) is 19.8 Å². The molecule has 1 aliphatic rings. The van der Waals surface area contributed by atoms with Crippen molar-refractivity contribution in [2.75, 3.05) is 11.9 Å². The second-order valence-corrected chi connectivity index (χ2v) is 8.84. The normalized spacial score (nSPS) is 21.2. The summed E-state index contributed by atoms with van der Waals surface area (Å²) < 4.78 is 41.3. The monoisotopic (exact) mass is 464 g/mol. The molecule has 1 saturated heterocycles. The number of carbonyl (C=O) groups is 2. The summed E-state index contributed by atoms with van der Waals surface area (Å²) in [5, 5.41) is 13.4. The van der Waals surface area contributed by atoms with Crippen molar-refractivity contribution in [3.63, 3.8) is 0 Å². The fraction of sp³-hybridized carbons (Fsp3) is 0.312. The maximum absolute atomic E-state index is 13.3. The van der Waals surface area contributed by atoms with Gasteiger partial charge in [-0.2, -0.15) is 17.4 Å². The molecule has 158 valence electrons. The molecule has 2 unspecified atom stereocenters. The Morgan fingerprint density at radius 1 is 1.45 bits per heavy atom. The van der Waals surface area contributed by atoms with Crippen LogP contribution in [-0.4, -0.2) is 47.3 Å². The Labute approximate surface area is 175 Å². The second-order valence-electron chi connectivity index (χ2n) is 5.85. The van der Waals surface area contributed by atoms with Crippen molar-refractivity contribution >= 4 is 50.7 Å². The van der Waals surface area contributed by atoms with E-state index in [1.165, 1.54) is 29.7 Å². The molecule has 2 heterocycles. The minimum atomic E-state index is -4.27. The molecule has 0 bridgehead atoms. The number of halogens is 2. The van der Waals surface area contributed by atoms with Crippen LogP contribution in [0.15, 0.2) is 29.8 Å². The number of carboxylic acids is 1. The van der Waals surface area contributed by atoms with E-state index in [0.29, 0.717) is 9.31 Å². The van der Waals surface area contributed by atoms with E-state index >= 15 is 0 Å². The molecular formula is C16H18ClFN4O5S2. The van der Waals surface area contributed by atoms with Gasteiger partial charge in [-0.1, -0.05) is 19.0 Å². The minimum absolute atomic E-state index is 0. The van der Waals surface area contributed by atoms with Crippen LogP contribution >= 0.6 is 22.9 Å². The smallest absolute Gasteiger partial charge is 0.318 e. The Morgan fingerprint density at radius 2 is 2.17 bits per heavy atom. The van der Waals surface area contributed by atoms with Gasteiger partial charge in [-0.05, 0) is 24.6 Å². The van der Waals surface area contributed by atoms with Crippen molar-refractivity contribution in [2.24, 2.45) is 0 Å². The Kier molecular flexibility index (Phi) is 7.30. The molecule has 1 amide bonds. The highest BCUT2D eigenvalue weighted by molar-refractivity contribution is 7.87. The van der Waals surface area contributed by atoms with Crippen LogP contribution in [0, 0.1) is 5.82 Å². The maximum atomic E-state index is 13.3. The number of nitrogens with zero attached hydrogens (tertiary/aromatic N) is 2. The van der Waals surface area contributed by atoms with Gasteiger partial charge in [-0.3, -0.25) is 9.59 Å². The number of carboxylic acid groups (broad SMARTS) is 1. The fourth-order valence-corrected chi connectivity index (χ4v) is 5.18. The van der Waals surface area contributed by atoms with Crippen LogP contribution in [0.4, 0.5) is 10.1 Å². The summed E-state index contributed by atoms with van der Waals surface area (Å²) in [4.78, 5) is 28.0. The molecule has 0 spiro atoms. The number of aliphatic carboxylic acids is 1. The highest BCUT2D eigenvalue weighted by Gasteiger charge is 2.44. The summed E-state index contributed by atoms with van der Waals surface area (Å²) in [5.74, 6) is -2.86. The number of rotatable bonds is 5. The summed E-state index contributed by atoms with van der Waals surface area (Å²) in [6.07, 6.45) is 1.45. The number of hydrogen-bond acceptors (Lipinski definition) is 6. The molecular weight excluding hydrogens is 447 g/mol. The quantitative estimate of drug-likeness (QED) is 0.622. The molecule has 1 aromatic carbocycles. The standard InChI is InChI=1S/C15H14ClFN4O5S2.CH4/c16-9-5-8(1-2-10(9)17)19-14(24)12-6-11(15-18-3-4-27-15)20-28(25,26)21(12)7-13(22)23;/h1-5,11-12,20H,6-7H2,(H,19,24)(H,22,23);1H4. The number of anilines is 1. The van der Waals surface area contributed by atoms with E-state index in [2.05, 4.69) is 15.0 Å². The van der Waals surface area contributed by atoms with Crippen molar-refractivity contribution in [1.82, 2.24) is 14.0 Å². The van der Waals surface area contributed by atoms with Crippen molar-refractivity contribution in [3.05, 3.63) is 45.6 Å². The number of thiazole rings is 1. The van der Waals surface area contributed by atoms with Crippen LogP contribution in [0.1, 0.15) is 24.9 Å². The first-order valence-corrected chi connectivity index (χ1v) is 10.5. The number of amides is 1. The zero-order valence-electron chi connectivity index (χ0n) is 14.0. The second kappa shape index (κ2) is 9.13. The first kappa shape index (κ1) is 23.2. The zero-order chi connectivity index (χ0) is 20.5. The van der Waals surface area contributed by atoms with Gasteiger partial charge < -0.3 is 10.4 Å². The zero-order valence-corrected chi connectivity index (χ0v) is 16.4. The van der Waals surface area contributed by atoms with Crippen molar-refractivity contribution in [1.29, 1.82) is 0 Å². The summed E-state index contributed by atoms with van der Waals surface area (Å²) in [6, 6.07) is 1.37. The van der Waals surface area contributed by atoms with Crippen LogP contribution < -0.4 is 10.0 Å². The molecule has 9 nitrogen and oxygen atoms in total. The average molecular weight is 465 g/mol. The molecule has 13 heteroatoms. The molecule has 0 saturated carbocycles. The van der Waals surface area contributed by atoms with Gasteiger partial charge in [0.05, 0.1) is 11.1 Å². The molecule has 29 heavy (non-hydrogen) atoms. The van der Waals surface area contributed by atoms with E-state index in [-0.39, 0.29) is 24.6 Å². The largest absolute Gasteiger partial charge is 0.480 e. The van der Waals surface area contributed by atoms with Crippen molar-refractivity contribution < 1.29 is 27.5 Å². The summed E-state index contributed by atoms with van der Waals surface area (Å²) >= 11 is 6.89. The Balaban J connectivity index is 0.00000300. The topological polar surface area (TPSA) is 129 Å². The molecule has 2 atom stereocenters. The summed E-state index contributed by atoms with van der Waals surface area (Å²) in [6.45, 7) is -0.901. The number of benzene rings is 1. The van der Waals surface area contributed by atoms with Crippen LogP contribution in [0.3, 0.4) is 0 Å². The molecule has 1 aliphatic heterocycles. The number of carbonyl (C=O) groups excluding carboxylic acids is 1. The molecule has 2 aromatic rings. The molecule has 1 aromatic heterocycles. The summed E-state index contributed by atoms with van der Waals surface area (Å²) in [5.41, 5.74) is 0.147. The van der Waals surface area contributed by atoms with Gasteiger partial charge in [0.1, 0.15) is 23.4 Å². The lowest BCUT2D eigenvalue weighted by Gasteiger charge is -2.36. The number of hydrogen-bond donors (Lipinski definition) is 3. The Hall–Kier alpha value is -2.12. The minimum Gasteiger partial charge on any atom is -0.480 e. The Bertz CT molecular complexity index is 1000. The first-order valence-electron chi connectivity index (χ1n) is 7.83. The SMILES string of the molecule is C.O=C(O)CN1C(C(=O)Nc2ccc(F)c(Cl)c2)CC(c2nccs2)NS1(=O)=O. The van der Waals surface area contributed by atoms with Crippen molar-refractivity contribution in [2.45, 2.75) is 25.9 Å². The fourth-order valence-electron chi connectivity index (χ4n) is 2.73. The predicted molar refractivity (Wildman–Crippen MR) is 106 cm³/mol. The number of aromatic nitrogens is 1. The van der Waals surface area contributed by atoms with Gasteiger partial charge in [0.25, 0.3) is 10.2 Å². The lowest BCUT2D eigenvalue weighted by molar-refractivity contribution is -0.138. The van der Waals surface area contributed by atoms with Gasteiger partial charge in [-0.15, -0.1) is 11.3 Å². The van der Waals surface area contributed by atoms with Crippen molar-refractivity contribution in [3.8, 4) is 0 Å². The van der Waals surface area contributed by atoms with E-state index in [4.69, 9.17) is 16.7 Å². The average Bonchev–Trinajstić information content (AvgIpc) is 3.13. The van der Waals surface area contributed by atoms with Gasteiger partial charge >= 0.3 is 5.97 Å². The molecule has 0 aliphatic carbocycles. The van der Waals surface area contributed by atoms with Gasteiger partial charge in [-0.25, -0.2) is 9.37 Å². The van der Waals surface area contributed by atoms with Crippen LogP contribution in [0.5, 0.6) is 0 Å². The number of nitrogens with one attached hydrogen (secondary N) is 2. The van der Waals surface area contributed by atoms with Gasteiger partial charge in [0, 0.05) is 17.3 Å². The third-order valence-corrected chi connectivity index (χ3v) is 6.70. The molecule has 3 N–H and O–H groups in total.